The van der Waals surface area contributed by atoms with Crippen molar-refractivity contribution in [1.82, 2.24) is 15.0 Å². The van der Waals surface area contributed by atoms with Crippen molar-refractivity contribution in [1.29, 1.82) is 0 Å². The monoisotopic (exact) mass is 607 g/mol. The van der Waals surface area contributed by atoms with Gasteiger partial charge in [-0.15, -0.1) is 11.3 Å². The van der Waals surface area contributed by atoms with E-state index in [0.717, 1.165) is 16.7 Å². The Balaban J connectivity index is 1.26. The Morgan fingerprint density at radius 2 is 0.957 bits per heavy atom. The highest BCUT2D eigenvalue weighted by Gasteiger charge is 2.35. The first-order chi connectivity index (χ1) is 22.6. The summed E-state index contributed by atoms with van der Waals surface area (Å²) in [5.74, 6) is 2.04. The molecule has 46 heavy (non-hydrogen) atoms. The maximum Gasteiger partial charge on any atom is 0.165 e. The minimum Gasteiger partial charge on any atom is -0.208 e. The normalized spacial score (nSPS) is 13.2. The highest BCUT2D eigenvalue weighted by atomic mass is 32.1. The fourth-order valence-electron chi connectivity index (χ4n) is 7.03. The van der Waals surface area contributed by atoms with E-state index in [1.54, 1.807) is 0 Å². The van der Waals surface area contributed by atoms with Gasteiger partial charge in [0.2, 0.25) is 0 Å². The van der Waals surface area contributed by atoms with Crippen molar-refractivity contribution in [3.63, 3.8) is 0 Å². The lowest BCUT2D eigenvalue weighted by Gasteiger charge is -2.21. The molecule has 0 N–H and O–H groups in total. The third-order valence-corrected chi connectivity index (χ3v) is 10.6. The van der Waals surface area contributed by atoms with E-state index in [-0.39, 0.29) is 5.41 Å². The number of hydrogen-bond acceptors (Lipinski definition) is 4. The van der Waals surface area contributed by atoms with Crippen molar-refractivity contribution in [2.75, 3.05) is 0 Å². The van der Waals surface area contributed by atoms with Crippen LogP contribution in [0, 0.1) is 0 Å². The Bertz CT molecular complexity index is 2440. The maximum absolute atomic E-state index is 5.21. The van der Waals surface area contributed by atoms with Crippen LogP contribution in [0.25, 0.3) is 76.6 Å². The van der Waals surface area contributed by atoms with E-state index in [1.807, 2.05) is 29.5 Å². The topological polar surface area (TPSA) is 38.7 Å². The summed E-state index contributed by atoms with van der Waals surface area (Å²) in [6.45, 7) is 4.61. The molecular weight excluding hydrogens is 579 g/mol. The van der Waals surface area contributed by atoms with Crippen LogP contribution in [0.15, 0.2) is 140 Å². The van der Waals surface area contributed by atoms with Crippen LogP contribution in [0.5, 0.6) is 0 Å². The van der Waals surface area contributed by atoms with Gasteiger partial charge in [0.25, 0.3) is 0 Å². The van der Waals surface area contributed by atoms with Gasteiger partial charge in [0, 0.05) is 42.3 Å². The van der Waals surface area contributed by atoms with Crippen LogP contribution < -0.4 is 0 Å². The van der Waals surface area contributed by atoms with Crippen LogP contribution >= 0.6 is 11.3 Å². The van der Waals surface area contributed by atoms with E-state index in [4.69, 9.17) is 15.0 Å². The average molecular weight is 608 g/mol. The molecule has 8 aromatic rings. The predicted molar refractivity (Wildman–Crippen MR) is 192 cm³/mol. The minimum absolute atomic E-state index is 0.112. The molecule has 9 rings (SSSR count). The fraction of sp³-hybridized carbons (Fsp3) is 0.0714. The van der Waals surface area contributed by atoms with Crippen LogP contribution in [0.4, 0.5) is 0 Å². The minimum atomic E-state index is -0.112. The molecule has 0 amide bonds. The fourth-order valence-corrected chi connectivity index (χ4v) is 8.37. The lowest BCUT2D eigenvalue weighted by molar-refractivity contribution is 0.660. The molecule has 0 saturated carbocycles. The zero-order valence-electron chi connectivity index (χ0n) is 25.5. The lowest BCUT2D eigenvalue weighted by atomic mass is 9.82. The molecular formula is C42H29N3S. The molecule has 0 radical (unpaired) electrons. The van der Waals surface area contributed by atoms with Gasteiger partial charge in [0.05, 0.1) is 0 Å². The lowest BCUT2D eigenvalue weighted by Crippen LogP contribution is -2.15. The molecule has 3 nitrogen and oxygen atoms in total. The summed E-state index contributed by atoms with van der Waals surface area (Å²) in [5.41, 5.74) is 10.6. The van der Waals surface area contributed by atoms with Gasteiger partial charge in [-0.3, -0.25) is 0 Å². The van der Waals surface area contributed by atoms with Gasteiger partial charge in [-0.25, -0.2) is 15.0 Å². The van der Waals surface area contributed by atoms with Gasteiger partial charge < -0.3 is 0 Å². The van der Waals surface area contributed by atoms with Crippen molar-refractivity contribution in [2.45, 2.75) is 19.3 Å². The summed E-state index contributed by atoms with van der Waals surface area (Å²) >= 11 is 1.82. The molecule has 0 saturated heterocycles. The van der Waals surface area contributed by atoms with Gasteiger partial charge in [-0.05, 0) is 45.5 Å². The van der Waals surface area contributed by atoms with E-state index in [9.17, 15) is 0 Å². The summed E-state index contributed by atoms with van der Waals surface area (Å²) in [4.78, 5) is 15.4. The second kappa shape index (κ2) is 10.3. The van der Waals surface area contributed by atoms with Gasteiger partial charge in [0.1, 0.15) is 0 Å². The molecule has 0 fully saturated rings. The second-order valence-corrected chi connectivity index (χ2v) is 13.5. The number of benzene rings is 6. The summed E-state index contributed by atoms with van der Waals surface area (Å²) in [6, 6.07) is 49.4. The van der Waals surface area contributed by atoms with Crippen molar-refractivity contribution < 1.29 is 0 Å². The molecule has 1 aliphatic rings. The first-order valence-electron chi connectivity index (χ1n) is 15.6. The van der Waals surface area contributed by atoms with E-state index < -0.39 is 0 Å². The van der Waals surface area contributed by atoms with Crippen LogP contribution in [0.2, 0.25) is 0 Å². The largest absolute Gasteiger partial charge is 0.208 e. The first-order valence-corrected chi connectivity index (χ1v) is 16.4. The van der Waals surface area contributed by atoms with E-state index in [0.29, 0.717) is 17.5 Å². The number of hydrogen-bond donors (Lipinski definition) is 0. The highest BCUT2D eigenvalue weighted by molar-refractivity contribution is 7.26. The highest BCUT2D eigenvalue weighted by Crippen LogP contribution is 2.49. The number of nitrogens with zero attached hydrogens (tertiary/aromatic N) is 3. The molecule has 0 bridgehead atoms. The van der Waals surface area contributed by atoms with Gasteiger partial charge in [-0.1, -0.05) is 141 Å². The third-order valence-electron chi connectivity index (χ3n) is 9.36. The first kappa shape index (κ1) is 26.9. The molecule has 2 heterocycles. The molecule has 0 spiro atoms. The van der Waals surface area contributed by atoms with Gasteiger partial charge >= 0.3 is 0 Å². The molecule has 0 unspecified atom stereocenters. The number of aromatic nitrogens is 3. The van der Waals surface area contributed by atoms with Gasteiger partial charge in [0.15, 0.2) is 17.5 Å². The van der Waals surface area contributed by atoms with Crippen LogP contribution in [0.3, 0.4) is 0 Å². The molecule has 1 aliphatic carbocycles. The Morgan fingerprint density at radius 3 is 1.70 bits per heavy atom. The second-order valence-electron chi connectivity index (χ2n) is 12.4. The maximum atomic E-state index is 5.21. The molecule has 0 atom stereocenters. The Labute approximate surface area is 271 Å². The Hall–Kier alpha value is -5.45. The standard InChI is InChI=1S/C42H29N3S/c1-42(2)35-22-10-9-17-30(35)31-24-23-28(25-36(31)42)40-43-39(27-15-7-4-8-16-27)44-41(45-40)34-21-12-20-33-32-19-11-18-29(37(32)46-38(33)34)26-13-5-3-6-14-26/h3-25H,1-2H3. The predicted octanol–water partition coefficient (Wildman–Crippen LogP) is 11.2. The Kier molecular flexibility index (Phi) is 6.02. The van der Waals surface area contributed by atoms with Crippen LogP contribution in [-0.2, 0) is 5.41 Å². The van der Waals surface area contributed by atoms with Crippen molar-refractivity contribution >= 4 is 31.5 Å². The number of thiophene rings is 1. The van der Waals surface area contributed by atoms with Gasteiger partial charge in [-0.2, -0.15) is 0 Å². The average Bonchev–Trinajstić information content (AvgIpc) is 3.61. The number of fused-ring (bicyclic) bond motifs is 6. The number of rotatable bonds is 4. The van der Waals surface area contributed by atoms with Crippen molar-refractivity contribution in [3.05, 3.63) is 151 Å². The summed E-state index contributed by atoms with van der Waals surface area (Å²) in [7, 11) is 0. The van der Waals surface area contributed by atoms with E-state index >= 15 is 0 Å². The van der Waals surface area contributed by atoms with Crippen molar-refractivity contribution in [3.8, 4) is 56.4 Å². The smallest absolute Gasteiger partial charge is 0.165 e. The SMILES string of the molecule is CC1(C)c2ccccc2-c2ccc(-c3nc(-c4ccccc4)nc(-c4cccc5c4sc4c(-c6ccccc6)cccc45)n3)cc21. The van der Waals surface area contributed by atoms with Crippen LogP contribution in [0.1, 0.15) is 25.0 Å². The molecule has 6 aromatic carbocycles. The summed E-state index contributed by atoms with van der Waals surface area (Å²) < 4.78 is 2.46. The molecule has 218 valence electrons. The van der Waals surface area contributed by atoms with E-state index in [2.05, 4.69) is 135 Å². The quantitative estimate of drug-likeness (QED) is 0.200. The molecule has 0 aliphatic heterocycles. The van der Waals surface area contributed by atoms with Crippen LogP contribution in [-0.4, -0.2) is 15.0 Å². The zero-order valence-corrected chi connectivity index (χ0v) is 26.3. The molecule has 4 heteroatoms. The van der Waals surface area contributed by atoms with E-state index in [1.165, 1.54) is 53.6 Å². The zero-order chi connectivity index (χ0) is 30.8. The third kappa shape index (κ3) is 4.14. The van der Waals surface area contributed by atoms with Crippen molar-refractivity contribution in [2.24, 2.45) is 0 Å². The molecule has 2 aromatic heterocycles. The summed E-state index contributed by atoms with van der Waals surface area (Å²) in [6.07, 6.45) is 0. The summed E-state index contributed by atoms with van der Waals surface area (Å²) in [5, 5.41) is 2.47. The Morgan fingerprint density at radius 1 is 0.413 bits per heavy atom.